The van der Waals surface area contributed by atoms with Gasteiger partial charge in [0.2, 0.25) is 0 Å². The molecule has 0 aliphatic heterocycles. The molecule has 0 saturated heterocycles. The van der Waals surface area contributed by atoms with Crippen LogP contribution >= 0.6 is 11.6 Å². The van der Waals surface area contributed by atoms with E-state index >= 15 is 0 Å². The summed E-state index contributed by atoms with van der Waals surface area (Å²) in [4.78, 5) is 2.19. The number of rotatable bonds is 4. The van der Waals surface area contributed by atoms with Crippen molar-refractivity contribution >= 4 is 11.6 Å². The van der Waals surface area contributed by atoms with Crippen LogP contribution in [0.15, 0.2) is 0 Å². The minimum Gasteiger partial charge on any atom is -0.311 e. The topological polar surface area (TPSA) is 15.3 Å². The second-order valence-corrected chi connectivity index (χ2v) is 4.72. The maximum Gasteiger partial charge on any atom is 0.0489 e. The van der Waals surface area contributed by atoms with Crippen molar-refractivity contribution < 1.29 is 0 Å². The van der Waals surface area contributed by atoms with Gasteiger partial charge in [0, 0.05) is 24.5 Å². The molecule has 1 saturated carbocycles. The fourth-order valence-corrected chi connectivity index (χ4v) is 2.16. The van der Waals surface area contributed by atoms with E-state index in [0.717, 1.165) is 13.1 Å². The second kappa shape index (κ2) is 5.84. The second-order valence-electron chi connectivity index (χ2n) is 4.16. The Labute approximate surface area is 86.6 Å². The maximum atomic E-state index is 6.22. The lowest BCUT2D eigenvalue weighted by Gasteiger charge is -2.28. The Hall–Kier alpha value is 0.210. The molecule has 0 aromatic heterocycles. The Morgan fingerprint density at radius 3 is 2.62 bits per heavy atom. The first kappa shape index (κ1) is 11.3. The molecule has 2 nitrogen and oxygen atoms in total. The van der Waals surface area contributed by atoms with E-state index in [1.807, 2.05) is 0 Å². The molecule has 1 N–H and O–H groups in total. The van der Waals surface area contributed by atoms with Gasteiger partial charge in [0.1, 0.15) is 0 Å². The Morgan fingerprint density at radius 1 is 1.31 bits per heavy atom. The molecule has 13 heavy (non-hydrogen) atoms. The quantitative estimate of drug-likeness (QED) is 0.702. The molecule has 1 rings (SSSR count). The van der Waals surface area contributed by atoms with Crippen molar-refractivity contribution in [1.82, 2.24) is 10.2 Å². The molecule has 1 fully saturated rings. The summed E-state index contributed by atoms with van der Waals surface area (Å²) >= 11 is 6.22. The number of alkyl halides is 1. The lowest BCUT2D eigenvalue weighted by atomic mass is 9.95. The Kier molecular flexibility index (Phi) is 5.07. The van der Waals surface area contributed by atoms with Gasteiger partial charge >= 0.3 is 0 Å². The van der Waals surface area contributed by atoms with Gasteiger partial charge in [-0.05, 0) is 26.9 Å². The van der Waals surface area contributed by atoms with Gasteiger partial charge in [-0.15, -0.1) is 11.6 Å². The third-order valence-electron chi connectivity index (χ3n) is 2.65. The summed E-state index contributed by atoms with van der Waals surface area (Å²) < 4.78 is 0. The van der Waals surface area contributed by atoms with Crippen LogP contribution in [0.3, 0.4) is 0 Å². The summed E-state index contributed by atoms with van der Waals surface area (Å²) in [5.74, 6) is 0. The van der Waals surface area contributed by atoms with Crippen molar-refractivity contribution in [1.29, 1.82) is 0 Å². The zero-order valence-electron chi connectivity index (χ0n) is 8.72. The molecule has 3 heteroatoms. The molecule has 2 atom stereocenters. The van der Waals surface area contributed by atoms with E-state index in [4.69, 9.17) is 11.6 Å². The van der Waals surface area contributed by atoms with Crippen LogP contribution in [-0.4, -0.2) is 43.5 Å². The van der Waals surface area contributed by atoms with Crippen LogP contribution in [0.4, 0.5) is 0 Å². The normalized spacial score (nSPS) is 29.5. The van der Waals surface area contributed by atoms with Crippen LogP contribution in [0.2, 0.25) is 0 Å². The minimum atomic E-state index is 0.357. The van der Waals surface area contributed by atoms with Crippen molar-refractivity contribution in [2.75, 3.05) is 27.2 Å². The van der Waals surface area contributed by atoms with Gasteiger partial charge < -0.3 is 10.2 Å². The van der Waals surface area contributed by atoms with Crippen molar-refractivity contribution in [3.63, 3.8) is 0 Å². The molecule has 1 aliphatic carbocycles. The van der Waals surface area contributed by atoms with Gasteiger partial charge in [-0.2, -0.15) is 0 Å². The summed E-state index contributed by atoms with van der Waals surface area (Å²) in [5, 5.41) is 3.89. The van der Waals surface area contributed by atoms with Gasteiger partial charge in [0.05, 0.1) is 0 Å². The highest BCUT2D eigenvalue weighted by Crippen LogP contribution is 2.22. The van der Waals surface area contributed by atoms with Crippen LogP contribution in [0, 0.1) is 0 Å². The van der Waals surface area contributed by atoms with E-state index in [9.17, 15) is 0 Å². The first-order chi connectivity index (χ1) is 6.20. The lowest BCUT2D eigenvalue weighted by molar-refractivity contribution is 0.343. The lowest BCUT2D eigenvalue weighted by Crippen LogP contribution is -2.42. The van der Waals surface area contributed by atoms with E-state index in [1.165, 1.54) is 25.7 Å². The van der Waals surface area contributed by atoms with E-state index in [2.05, 4.69) is 24.3 Å². The SMILES string of the molecule is CN(C)CCNC1CCCCC1Cl. The van der Waals surface area contributed by atoms with E-state index in [0.29, 0.717) is 11.4 Å². The fraction of sp³-hybridized carbons (Fsp3) is 1.00. The van der Waals surface area contributed by atoms with E-state index in [-0.39, 0.29) is 0 Å². The number of nitrogens with one attached hydrogen (secondary N) is 1. The van der Waals surface area contributed by atoms with Crippen LogP contribution < -0.4 is 5.32 Å². The van der Waals surface area contributed by atoms with Crippen LogP contribution in [-0.2, 0) is 0 Å². The molecule has 2 unspecified atom stereocenters. The smallest absolute Gasteiger partial charge is 0.0489 e. The van der Waals surface area contributed by atoms with Crippen LogP contribution in [0.1, 0.15) is 25.7 Å². The molecule has 0 bridgehead atoms. The Bertz CT molecular complexity index is 139. The molecule has 0 aromatic rings. The molecular weight excluding hydrogens is 184 g/mol. The van der Waals surface area contributed by atoms with Crippen molar-refractivity contribution in [2.45, 2.75) is 37.1 Å². The summed E-state index contributed by atoms with van der Waals surface area (Å²) in [5.41, 5.74) is 0. The standard InChI is InChI=1S/C10H21ClN2/c1-13(2)8-7-12-10-6-4-3-5-9(10)11/h9-10,12H,3-8H2,1-2H3. The molecule has 0 heterocycles. The highest BCUT2D eigenvalue weighted by molar-refractivity contribution is 6.21. The van der Waals surface area contributed by atoms with Crippen LogP contribution in [0.25, 0.3) is 0 Å². The number of nitrogens with zero attached hydrogens (tertiary/aromatic N) is 1. The number of hydrogen-bond donors (Lipinski definition) is 1. The van der Waals surface area contributed by atoms with Gasteiger partial charge in [-0.25, -0.2) is 0 Å². The fourth-order valence-electron chi connectivity index (χ4n) is 1.79. The van der Waals surface area contributed by atoms with Gasteiger partial charge in [0.15, 0.2) is 0 Å². The van der Waals surface area contributed by atoms with Crippen molar-refractivity contribution in [3.8, 4) is 0 Å². The first-order valence-electron chi connectivity index (χ1n) is 5.22. The molecule has 1 aliphatic rings. The third-order valence-corrected chi connectivity index (χ3v) is 3.17. The van der Waals surface area contributed by atoms with Gasteiger partial charge in [-0.3, -0.25) is 0 Å². The number of likely N-dealkylation sites (N-methyl/N-ethyl adjacent to an activating group) is 1. The minimum absolute atomic E-state index is 0.357. The molecular formula is C10H21ClN2. The van der Waals surface area contributed by atoms with Crippen LogP contribution in [0.5, 0.6) is 0 Å². The predicted octanol–water partition coefficient (Wildman–Crippen LogP) is 1.69. The molecule has 0 spiro atoms. The zero-order valence-corrected chi connectivity index (χ0v) is 9.48. The molecule has 0 aromatic carbocycles. The van der Waals surface area contributed by atoms with E-state index < -0.39 is 0 Å². The summed E-state index contributed by atoms with van der Waals surface area (Å²) in [6.07, 6.45) is 5.08. The maximum absolute atomic E-state index is 6.22. The average molecular weight is 205 g/mol. The Morgan fingerprint density at radius 2 is 2.00 bits per heavy atom. The number of hydrogen-bond acceptors (Lipinski definition) is 2. The molecule has 0 radical (unpaired) electrons. The molecule has 78 valence electrons. The zero-order chi connectivity index (χ0) is 9.68. The summed E-state index contributed by atoms with van der Waals surface area (Å²) in [7, 11) is 4.20. The highest BCUT2D eigenvalue weighted by Gasteiger charge is 2.21. The van der Waals surface area contributed by atoms with E-state index in [1.54, 1.807) is 0 Å². The van der Waals surface area contributed by atoms with Gasteiger partial charge in [-0.1, -0.05) is 12.8 Å². The molecule has 0 amide bonds. The van der Waals surface area contributed by atoms with Crippen molar-refractivity contribution in [2.24, 2.45) is 0 Å². The summed E-state index contributed by atoms with van der Waals surface area (Å²) in [6.45, 7) is 2.15. The first-order valence-corrected chi connectivity index (χ1v) is 5.66. The third kappa shape index (κ3) is 4.30. The Balaban J connectivity index is 2.11. The van der Waals surface area contributed by atoms with Gasteiger partial charge in [0.25, 0.3) is 0 Å². The monoisotopic (exact) mass is 204 g/mol. The summed E-state index contributed by atoms with van der Waals surface area (Å²) in [6, 6.07) is 0.551. The predicted molar refractivity (Wildman–Crippen MR) is 58.5 cm³/mol. The largest absolute Gasteiger partial charge is 0.311 e. The average Bonchev–Trinajstić information content (AvgIpc) is 2.08. The number of halogens is 1. The highest BCUT2D eigenvalue weighted by atomic mass is 35.5. The van der Waals surface area contributed by atoms with Crippen molar-refractivity contribution in [3.05, 3.63) is 0 Å².